The number of benzene rings is 7. The molecular weight excluding hydrogens is 725 g/mol. The molecule has 7 aromatic rings. The number of rotatable bonds is 2. The third-order valence-electron chi connectivity index (χ3n) is 15.7. The molecule has 0 aromatic heterocycles. The lowest BCUT2D eigenvalue weighted by molar-refractivity contribution is 0.353. The van der Waals surface area contributed by atoms with E-state index in [4.69, 9.17) is 0 Å². The summed E-state index contributed by atoms with van der Waals surface area (Å²) in [5, 5.41) is 24.4. The normalized spacial score (nSPS) is 19.2. The van der Waals surface area contributed by atoms with E-state index in [1.54, 1.807) is 5.56 Å². The van der Waals surface area contributed by atoms with Gasteiger partial charge in [0, 0.05) is 27.7 Å². The van der Waals surface area contributed by atoms with Gasteiger partial charge in [0.1, 0.15) is 0 Å². The summed E-state index contributed by atoms with van der Waals surface area (Å²) in [5.74, 6) is 0.242. The van der Waals surface area contributed by atoms with Gasteiger partial charge in [-0.15, -0.1) is 0 Å². The summed E-state index contributed by atoms with van der Waals surface area (Å²) in [7, 11) is 0. The Morgan fingerprint density at radius 2 is 1.05 bits per heavy atom. The Hall–Kier alpha value is -6.48. The monoisotopic (exact) mass is 770 g/mol. The van der Waals surface area contributed by atoms with Crippen molar-refractivity contribution in [2.24, 2.45) is 0 Å². The van der Waals surface area contributed by atoms with Crippen molar-refractivity contribution in [3.8, 4) is 56.6 Å². The summed E-state index contributed by atoms with van der Waals surface area (Å²) in [6.07, 6.45) is 13.4. The van der Waals surface area contributed by atoms with Crippen LogP contribution in [-0.4, -0.2) is 0 Å². The largest absolute Gasteiger partial charge is 0.192 e. The molecule has 7 aromatic carbocycles. The van der Waals surface area contributed by atoms with Gasteiger partial charge >= 0.3 is 0 Å². The Kier molecular flexibility index (Phi) is 7.26. The number of fused-ring (bicyclic) bond motifs is 15. The van der Waals surface area contributed by atoms with E-state index in [0.29, 0.717) is 5.56 Å². The molecule has 0 aliphatic heterocycles. The molecule has 2 nitrogen and oxygen atoms in total. The second-order valence-electron chi connectivity index (χ2n) is 19.3. The highest BCUT2D eigenvalue weighted by atomic mass is 14.5. The van der Waals surface area contributed by atoms with E-state index in [9.17, 15) is 10.5 Å². The molecule has 0 heterocycles. The smallest absolute Gasteiger partial charge is 0.0991 e. The summed E-state index contributed by atoms with van der Waals surface area (Å²) < 4.78 is 0. The summed E-state index contributed by atoms with van der Waals surface area (Å²) in [5.41, 5.74) is 22.0. The Bertz CT molecular complexity index is 3220. The highest BCUT2D eigenvalue weighted by Crippen LogP contribution is 2.64. The molecule has 1 spiro atoms. The lowest BCUT2D eigenvalue weighted by Crippen LogP contribution is -2.28. The van der Waals surface area contributed by atoms with Crippen molar-refractivity contribution < 1.29 is 0 Å². The first kappa shape index (κ1) is 35.5. The third kappa shape index (κ3) is 4.58. The van der Waals surface area contributed by atoms with Crippen LogP contribution in [0.25, 0.3) is 66.1 Å². The molecule has 60 heavy (non-hydrogen) atoms. The fourth-order valence-electron chi connectivity index (χ4n) is 12.6. The number of allylic oxidation sites excluding steroid dienone is 4. The molecule has 0 bridgehead atoms. The van der Waals surface area contributed by atoms with Gasteiger partial charge in [-0.3, -0.25) is 0 Å². The molecule has 1 fully saturated rings. The predicted molar refractivity (Wildman–Crippen MR) is 246 cm³/mol. The average Bonchev–Trinajstić information content (AvgIpc) is 3.77. The van der Waals surface area contributed by atoms with E-state index in [-0.39, 0.29) is 22.2 Å². The maximum absolute atomic E-state index is 9.57. The van der Waals surface area contributed by atoms with E-state index < -0.39 is 0 Å². The Balaban J connectivity index is 1.07. The fraction of sp³-hybridized carbons (Fsp3) is 0.241. The second kappa shape index (κ2) is 12.3. The van der Waals surface area contributed by atoms with Gasteiger partial charge < -0.3 is 0 Å². The van der Waals surface area contributed by atoms with Gasteiger partial charge in [-0.1, -0.05) is 126 Å². The fourth-order valence-corrected chi connectivity index (χ4v) is 12.6. The molecule has 288 valence electrons. The first-order chi connectivity index (χ1) is 29.1. The zero-order valence-corrected chi connectivity index (χ0v) is 34.8. The Morgan fingerprint density at radius 3 is 1.62 bits per heavy atom. The minimum Gasteiger partial charge on any atom is -0.192 e. The van der Waals surface area contributed by atoms with Gasteiger partial charge in [-0.25, -0.2) is 0 Å². The lowest BCUT2D eigenvalue weighted by Gasteiger charge is -2.36. The lowest BCUT2D eigenvalue weighted by atomic mass is 9.67. The van der Waals surface area contributed by atoms with Crippen LogP contribution in [0.5, 0.6) is 0 Å². The highest BCUT2D eigenvalue weighted by Gasteiger charge is 2.49. The van der Waals surface area contributed by atoms with E-state index >= 15 is 0 Å². The molecule has 1 saturated carbocycles. The summed E-state index contributed by atoms with van der Waals surface area (Å²) >= 11 is 0. The minimum atomic E-state index is -0.203. The van der Waals surface area contributed by atoms with Crippen LogP contribution in [-0.2, 0) is 16.2 Å². The van der Waals surface area contributed by atoms with E-state index in [1.807, 2.05) is 18.2 Å². The van der Waals surface area contributed by atoms with Crippen LogP contribution in [0.1, 0.15) is 117 Å². The molecule has 0 radical (unpaired) electrons. The predicted octanol–water partition coefficient (Wildman–Crippen LogP) is 14.9. The molecule has 1 atom stereocenters. The molecule has 0 N–H and O–H groups in total. The topological polar surface area (TPSA) is 47.6 Å². The molecule has 12 rings (SSSR count). The van der Waals surface area contributed by atoms with Crippen molar-refractivity contribution in [2.45, 2.75) is 88.4 Å². The maximum atomic E-state index is 9.57. The van der Waals surface area contributed by atoms with E-state index in [0.717, 1.165) is 17.6 Å². The maximum Gasteiger partial charge on any atom is 0.0991 e. The van der Waals surface area contributed by atoms with Crippen LogP contribution in [0.2, 0.25) is 0 Å². The van der Waals surface area contributed by atoms with Gasteiger partial charge in [0.25, 0.3) is 0 Å². The third-order valence-corrected chi connectivity index (χ3v) is 15.7. The molecular formula is C58H46N2. The number of nitriles is 2. The first-order valence-electron chi connectivity index (χ1n) is 21.9. The summed E-state index contributed by atoms with van der Waals surface area (Å²) in [6, 6.07) is 46.3. The van der Waals surface area contributed by atoms with Crippen molar-refractivity contribution in [3.05, 3.63) is 178 Å². The van der Waals surface area contributed by atoms with Gasteiger partial charge in [-0.05, 0) is 173 Å². The molecule has 5 aliphatic rings. The van der Waals surface area contributed by atoms with Crippen LogP contribution >= 0.6 is 0 Å². The van der Waals surface area contributed by atoms with Crippen LogP contribution in [0, 0.1) is 22.7 Å². The standard InChI is InChI=1S/C58H46N2/c1-56(2)48-28-44-45-29-49-47(55-41-15-9-7-13-39(41)43(27-53(55)57(49,3)4)37-22-18-35(33-60)19-23-37)31-51(45)58(24-10-5-11-25-58)50(44)30-46(48)54-40-14-8-6-12-38(40)42(26-52(54)56)36-20-16-34(32-59)17-21-36/h6-9,12-22,26-31,37H,5,10-11,23-25H2,1-4H3. The van der Waals surface area contributed by atoms with Crippen molar-refractivity contribution in [2.75, 3.05) is 0 Å². The first-order valence-corrected chi connectivity index (χ1v) is 21.9. The number of nitrogens with zero attached hydrogens (tertiary/aromatic N) is 2. The molecule has 5 aliphatic carbocycles. The molecule has 2 heteroatoms. The van der Waals surface area contributed by atoms with E-state index in [2.05, 4.69) is 149 Å². The van der Waals surface area contributed by atoms with Gasteiger partial charge in [0.15, 0.2) is 0 Å². The second-order valence-corrected chi connectivity index (χ2v) is 19.3. The number of hydrogen-bond donors (Lipinski definition) is 0. The zero-order chi connectivity index (χ0) is 40.7. The Morgan fingerprint density at radius 1 is 0.517 bits per heavy atom. The molecule has 0 amide bonds. The van der Waals surface area contributed by atoms with Crippen molar-refractivity contribution in [1.82, 2.24) is 0 Å². The number of hydrogen-bond acceptors (Lipinski definition) is 2. The summed E-state index contributed by atoms with van der Waals surface area (Å²) in [6.45, 7) is 9.74. The van der Waals surface area contributed by atoms with Crippen molar-refractivity contribution >= 4 is 21.5 Å². The molecule has 1 unspecified atom stereocenters. The molecule has 0 saturated heterocycles. The van der Waals surface area contributed by atoms with Crippen LogP contribution in [0.15, 0.2) is 133 Å². The van der Waals surface area contributed by atoms with Crippen molar-refractivity contribution in [3.63, 3.8) is 0 Å². The quantitative estimate of drug-likeness (QED) is 0.176. The van der Waals surface area contributed by atoms with E-state index in [1.165, 1.54) is 126 Å². The van der Waals surface area contributed by atoms with Crippen LogP contribution in [0.3, 0.4) is 0 Å². The highest BCUT2D eigenvalue weighted by molar-refractivity contribution is 6.10. The average molecular weight is 771 g/mol. The van der Waals surface area contributed by atoms with Crippen molar-refractivity contribution in [1.29, 1.82) is 10.5 Å². The summed E-state index contributed by atoms with van der Waals surface area (Å²) in [4.78, 5) is 0. The zero-order valence-electron chi connectivity index (χ0n) is 34.8. The van der Waals surface area contributed by atoms with Gasteiger partial charge in [-0.2, -0.15) is 10.5 Å². The Labute approximate surface area is 353 Å². The minimum absolute atomic E-state index is 0.0155. The SMILES string of the molecule is CC1(C)c2cc3c(cc2-c2c1cc(-c1ccc(C#N)cc1)c1ccccc21)C1(CCCCC1)c1cc2c(cc1-3)C(C)(C)c1cc(C3C=CC(C#N)=CC3)c3ccccc3c1-2. The van der Waals surface area contributed by atoms with Gasteiger partial charge in [0.2, 0.25) is 0 Å². The van der Waals surface area contributed by atoms with Gasteiger partial charge in [0.05, 0.1) is 17.7 Å². The van der Waals surface area contributed by atoms with Crippen LogP contribution < -0.4 is 0 Å². The van der Waals surface area contributed by atoms with Crippen LogP contribution in [0.4, 0.5) is 0 Å².